The van der Waals surface area contributed by atoms with Crippen LogP contribution in [-0.2, 0) is 6.42 Å². The summed E-state index contributed by atoms with van der Waals surface area (Å²) >= 11 is 1.87. The van der Waals surface area contributed by atoms with Gasteiger partial charge in [-0.2, -0.15) is 11.8 Å². The Morgan fingerprint density at radius 2 is 2.00 bits per heavy atom. The molecule has 0 aliphatic rings. The van der Waals surface area contributed by atoms with Gasteiger partial charge in [-0.3, -0.25) is 4.99 Å². The predicted octanol–water partition coefficient (Wildman–Crippen LogP) is 3.23. The Morgan fingerprint density at radius 1 is 1.30 bits per heavy atom. The summed E-state index contributed by atoms with van der Waals surface area (Å²) in [4.78, 5) is 4.27. The van der Waals surface area contributed by atoms with Crippen LogP contribution < -0.4 is 10.6 Å². The van der Waals surface area contributed by atoms with Crippen LogP contribution in [0.5, 0.6) is 0 Å². The molecule has 0 heterocycles. The van der Waals surface area contributed by atoms with Crippen LogP contribution in [0.3, 0.4) is 0 Å². The zero-order valence-electron chi connectivity index (χ0n) is 13.1. The lowest BCUT2D eigenvalue weighted by Gasteiger charge is -2.18. The zero-order valence-corrected chi connectivity index (χ0v) is 13.9. The van der Waals surface area contributed by atoms with Crippen molar-refractivity contribution in [2.24, 2.45) is 4.99 Å². The standard InChI is InChI=1S/C16H27N3S/c1-5-14-7-9-15(10-8-14)13(2)19-16(17-3)18-11-6-12-20-4/h7-10,13H,5-6,11-12H2,1-4H3,(H2,17,18,19). The van der Waals surface area contributed by atoms with E-state index in [1.54, 1.807) is 0 Å². The molecule has 0 aliphatic heterocycles. The Kier molecular flexibility index (Phi) is 8.19. The smallest absolute Gasteiger partial charge is 0.191 e. The van der Waals surface area contributed by atoms with Crippen molar-refractivity contribution >= 4 is 17.7 Å². The van der Waals surface area contributed by atoms with Crippen LogP contribution in [0.1, 0.15) is 37.4 Å². The van der Waals surface area contributed by atoms with Crippen molar-refractivity contribution < 1.29 is 0 Å². The molecule has 0 bridgehead atoms. The highest BCUT2D eigenvalue weighted by Gasteiger charge is 2.07. The summed E-state index contributed by atoms with van der Waals surface area (Å²) in [6, 6.07) is 9.03. The third kappa shape index (κ3) is 5.87. The second kappa shape index (κ2) is 9.70. The van der Waals surface area contributed by atoms with Gasteiger partial charge in [-0.05, 0) is 42.9 Å². The molecular formula is C16H27N3S. The number of guanidine groups is 1. The Morgan fingerprint density at radius 3 is 2.55 bits per heavy atom. The highest BCUT2D eigenvalue weighted by Crippen LogP contribution is 2.13. The normalized spacial score (nSPS) is 13.1. The first-order valence-electron chi connectivity index (χ1n) is 7.26. The van der Waals surface area contributed by atoms with E-state index in [2.05, 4.69) is 60.0 Å². The van der Waals surface area contributed by atoms with Gasteiger partial charge in [-0.1, -0.05) is 31.2 Å². The Hall–Kier alpha value is -1.16. The van der Waals surface area contributed by atoms with Gasteiger partial charge in [0.2, 0.25) is 0 Å². The molecular weight excluding hydrogens is 266 g/mol. The van der Waals surface area contributed by atoms with E-state index in [0.717, 1.165) is 25.3 Å². The summed E-state index contributed by atoms with van der Waals surface area (Å²) < 4.78 is 0. The number of rotatable bonds is 7. The number of aryl methyl sites for hydroxylation is 1. The highest BCUT2D eigenvalue weighted by molar-refractivity contribution is 7.98. The molecule has 0 saturated heterocycles. The summed E-state index contributed by atoms with van der Waals surface area (Å²) in [5.74, 6) is 2.05. The molecule has 0 spiro atoms. The van der Waals surface area contributed by atoms with E-state index >= 15 is 0 Å². The summed E-state index contributed by atoms with van der Waals surface area (Å²) in [6.07, 6.45) is 4.37. The van der Waals surface area contributed by atoms with E-state index in [0.29, 0.717) is 0 Å². The number of nitrogens with one attached hydrogen (secondary N) is 2. The van der Waals surface area contributed by atoms with E-state index in [1.165, 1.54) is 16.9 Å². The molecule has 1 aromatic carbocycles. The van der Waals surface area contributed by atoms with Crippen LogP contribution in [0.4, 0.5) is 0 Å². The molecule has 1 atom stereocenters. The SMILES string of the molecule is CCc1ccc(C(C)NC(=NC)NCCCSC)cc1. The van der Waals surface area contributed by atoms with E-state index in [9.17, 15) is 0 Å². The minimum Gasteiger partial charge on any atom is -0.356 e. The van der Waals surface area contributed by atoms with Crippen molar-refractivity contribution in [3.8, 4) is 0 Å². The lowest BCUT2D eigenvalue weighted by Crippen LogP contribution is -2.39. The Balaban J connectivity index is 2.47. The maximum absolute atomic E-state index is 4.27. The molecule has 0 aliphatic carbocycles. The second-order valence-corrected chi connectivity index (χ2v) is 5.79. The van der Waals surface area contributed by atoms with Gasteiger partial charge in [0.05, 0.1) is 6.04 Å². The number of hydrogen-bond donors (Lipinski definition) is 2. The first-order valence-corrected chi connectivity index (χ1v) is 8.65. The van der Waals surface area contributed by atoms with Crippen molar-refractivity contribution in [1.29, 1.82) is 0 Å². The Bertz CT molecular complexity index is 401. The van der Waals surface area contributed by atoms with Gasteiger partial charge in [0, 0.05) is 13.6 Å². The van der Waals surface area contributed by atoms with Crippen molar-refractivity contribution in [3.05, 3.63) is 35.4 Å². The maximum atomic E-state index is 4.27. The maximum Gasteiger partial charge on any atom is 0.191 e. The van der Waals surface area contributed by atoms with E-state index in [-0.39, 0.29) is 6.04 Å². The predicted molar refractivity (Wildman–Crippen MR) is 91.7 cm³/mol. The molecule has 2 N–H and O–H groups in total. The number of aliphatic imine (C=N–C) groups is 1. The molecule has 4 heteroatoms. The summed E-state index contributed by atoms with van der Waals surface area (Å²) in [7, 11) is 1.82. The molecule has 1 rings (SSSR count). The van der Waals surface area contributed by atoms with E-state index in [1.807, 2.05) is 18.8 Å². The van der Waals surface area contributed by atoms with Gasteiger partial charge < -0.3 is 10.6 Å². The van der Waals surface area contributed by atoms with E-state index < -0.39 is 0 Å². The summed E-state index contributed by atoms with van der Waals surface area (Å²) in [5.41, 5.74) is 2.66. The fourth-order valence-corrected chi connectivity index (χ4v) is 2.38. The third-order valence-electron chi connectivity index (χ3n) is 3.28. The fraction of sp³-hybridized carbons (Fsp3) is 0.562. The van der Waals surface area contributed by atoms with E-state index in [4.69, 9.17) is 0 Å². The molecule has 3 nitrogen and oxygen atoms in total. The molecule has 0 saturated carbocycles. The number of thioether (sulfide) groups is 1. The van der Waals surface area contributed by atoms with Gasteiger partial charge in [0.1, 0.15) is 0 Å². The quantitative estimate of drug-likeness (QED) is 0.460. The van der Waals surface area contributed by atoms with Crippen LogP contribution in [0, 0.1) is 0 Å². The molecule has 0 radical (unpaired) electrons. The third-order valence-corrected chi connectivity index (χ3v) is 3.98. The van der Waals surface area contributed by atoms with Gasteiger partial charge >= 0.3 is 0 Å². The molecule has 1 unspecified atom stereocenters. The molecule has 1 aromatic rings. The first kappa shape index (κ1) is 16.9. The Labute approximate surface area is 127 Å². The minimum absolute atomic E-state index is 0.257. The largest absolute Gasteiger partial charge is 0.356 e. The molecule has 0 fully saturated rings. The first-order chi connectivity index (χ1) is 9.71. The summed E-state index contributed by atoms with van der Waals surface area (Å²) in [5, 5.41) is 6.78. The average molecular weight is 293 g/mol. The topological polar surface area (TPSA) is 36.4 Å². The molecule has 0 aromatic heterocycles. The lowest BCUT2D eigenvalue weighted by atomic mass is 10.1. The van der Waals surface area contributed by atoms with Crippen LogP contribution >= 0.6 is 11.8 Å². The van der Waals surface area contributed by atoms with Crippen LogP contribution in [0.15, 0.2) is 29.3 Å². The van der Waals surface area contributed by atoms with Crippen molar-refractivity contribution in [2.45, 2.75) is 32.7 Å². The monoisotopic (exact) mass is 293 g/mol. The molecule has 20 heavy (non-hydrogen) atoms. The number of benzene rings is 1. The summed E-state index contributed by atoms with van der Waals surface area (Å²) in [6.45, 7) is 5.30. The minimum atomic E-state index is 0.257. The van der Waals surface area contributed by atoms with Crippen molar-refractivity contribution in [2.75, 3.05) is 25.6 Å². The van der Waals surface area contributed by atoms with Crippen LogP contribution in [0.25, 0.3) is 0 Å². The fourth-order valence-electron chi connectivity index (χ4n) is 1.95. The molecule has 112 valence electrons. The second-order valence-electron chi connectivity index (χ2n) is 4.81. The van der Waals surface area contributed by atoms with Gasteiger partial charge in [-0.15, -0.1) is 0 Å². The lowest BCUT2D eigenvalue weighted by molar-refractivity contribution is 0.682. The average Bonchev–Trinajstić information content (AvgIpc) is 2.50. The van der Waals surface area contributed by atoms with Gasteiger partial charge in [0.25, 0.3) is 0 Å². The zero-order chi connectivity index (χ0) is 14.8. The van der Waals surface area contributed by atoms with Crippen LogP contribution in [0.2, 0.25) is 0 Å². The van der Waals surface area contributed by atoms with Gasteiger partial charge in [-0.25, -0.2) is 0 Å². The van der Waals surface area contributed by atoms with Gasteiger partial charge in [0.15, 0.2) is 5.96 Å². The molecule has 0 amide bonds. The number of hydrogen-bond acceptors (Lipinski definition) is 2. The van der Waals surface area contributed by atoms with Crippen molar-refractivity contribution in [1.82, 2.24) is 10.6 Å². The van der Waals surface area contributed by atoms with Crippen molar-refractivity contribution in [3.63, 3.8) is 0 Å². The number of nitrogens with zero attached hydrogens (tertiary/aromatic N) is 1. The van der Waals surface area contributed by atoms with Crippen LogP contribution in [-0.4, -0.2) is 31.6 Å². The highest BCUT2D eigenvalue weighted by atomic mass is 32.2.